The van der Waals surface area contributed by atoms with Crippen LogP contribution in [0.3, 0.4) is 0 Å². The minimum Gasteiger partial charge on any atom is -0.480 e. The topological polar surface area (TPSA) is 113 Å². The number of nitrogens with zero attached hydrogens (tertiary/aromatic N) is 6. The van der Waals surface area contributed by atoms with Crippen molar-refractivity contribution in [2.75, 3.05) is 7.11 Å². The molecule has 0 aliphatic heterocycles. The summed E-state index contributed by atoms with van der Waals surface area (Å²) in [4.78, 5) is 12.4. The Kier molecular flexibility index (Phi) is 7.07. The van der Waals surface area contributed by atoms with Crippen LogP contribution in [0.2, 0.25) is 0 Å². The van der Waals surface area contributed by atoms with Crippen LogP contribution in [0.25, 0.3) is 17.1 Å². The number of ether oxygens (including phenoxy) is 1. The second-order valence-electron chi connectivity index (χ2n) is 8.38. The molecular weight excluding hydrogens is 490 g/mol. The fraction of sp³-hybridized carbons (Fsp3) is 0.292. The average molecular weight is 515 g/mol. The Morgan fingerprint density at radius 1 is 1.03 bits per heavy atom. The van der Waals surface area contributed by atoms with Gasteiger partial charge in [-0.3, -0.25) is 14.5 Å². The van der Waals surface area contributed by atoms with Crippen molar-refractivity contribution in [3.63, 3.8) is 0 Å². The smallest absolute Gasteiger partial charge is 0.231 e. The third-order valence-electron chi connectivity index (χ3n) is 5.95. The van der Waals surface area contributed by atoms with Gasteiger partial charge in [-0.25, -0.2) is 22.2 Å². The van der Waals surface area contributed by atoms with Crippen molar-refractivity contribution >= 4 is 9.84 Å². The average Bonchev–Trinajstić information content (AvgIpc) is 3.25. The van der Waals surface area contributed by atoms with Gasteiger partial charge in [0.25, 0.3) is 0 Å². The second-order valence-corrected chi connectivity index (χ2v) is 10.7. The van der Waals surface area contributed by atoms with Crippen molar-refractivity contribution in [3.05, 3.63) is 77.8 Å². The molecule has 4 aromatic rings. The van der Waals surface area contributed by atoms with Gasteiger partial charge in [-0.15, -0.1) is 10.2 Å². The molecule has 9 nitrogen and oxygen atoms in total. The van der Waals surface area contributed by atoms with Crippen LogP contribution < -0.4 is 4.74 Å². The van der Waals surface area contributed by atoms with Crippen molar-refractivity contribution in [1.82, 2.24) is 29.7 Å². The summed E-state index contributed by atoms with van der Waals surface area (Å²) < 4.78 is 62.7. The summed E-state index contributed by atoms with van der Waals surface area (Å²) >= 11 is 0. The first-order chi connectivity index (χ1) is 17.1. The molecule has 0 aliphatic carbocycles. The van der Waals surface area contributed by atoms with E-state index in [2.05, 4.69) is 25.1 Å². The van der Waals surface area contributed by atoms with Gasteiger partial charge in [0.05, 0.1) is 30.4 Å². The number of halogens is 2. The lowest BCUT2D eigenvalue weighted by Crippen LogP contribution is -2.27. The minimum atomic E-state index is -3.89. The monoisotopic (exact) mass is 514 g/mol. The maximum atomic E-state index is 14.9. The molecule has 0 saturated carbocycles. The third kappa shape index (κ3) is 4.94. The van der Waals surface area contributed by atoms with E-state index >= 15 is 0 Å². The van der Waals surface area contributed by atoms with Crippen LogP contribution in [-0.2, 0) is 15.6 Å². The molecule has 0 bridgehead atoms. The van der Waals surface area contributed by atoms with Crippen LogP contribution in [0.5, 0.6) is 5.88 Å². The fourth-order valence-corrected chi connectivity index (χ4v) is 5.31. The van der Waals surface area contributed by atoms with E-state index < -0.39 is 44.1 Å². The Balaban J connectivity index is 1.77. The zero-order valence-corrected chi connectivity index (χ0v) is 20.9. The molecule has 0 saturated heterocycles. The largest absolute Gasteiger partial charge is 0.480 e. The zero-order valence-electron chi connectivity index (χ0n) is 20.1. The molecule has 4 rings (SSSR count). The predicted molar refractivity (Wildman–Crippen MR) is 128 cm³/mol. The van der Waals surface area contributed by atoms with Gasteiger partial charge in [-0.1, -0.05) is 13.0 Å². The van der Waals surface area contributed by atoms with Gasteiger partial charge in [0.15, 0.2) is 21.5 Å². The van der Waals surface area contributed by atoms with E-state index in [0.29, 0.717) is 17.1 Å². The molecular formula is C24H24F2N6O3S. The van der Waals surface area contributed by atoms with E-state index in [9.17, 15) is 17.2 Å². The molecule has 0 unspecified atom stereocenters. The van der Waals surface area contributed by atoms with Crippen LogP contribution in [0.15, 0.2) is 49.1 Å². The number of rotatable bonds is 8. The van der Waals surface area contributed by atoms with E-state index in [0.717, 1.165) is 22.3 Å². The van der Waals surface area contributed by atoms with Crippen LogP contribution in [0.1, 0.15) is 36.8 Å². The Hall–Kier alpha value is -3.80. The SMILES string of the molecule is COc1cnc([C@@H](C)[C@H](C)S(=O)(=O)Cc2nnc(-c3cncc(C)c3)n2-c2c(F)cccc2F)cn1. The van der Waals surface area contributed by atoms with Crippen LogP contribution in [-0.4, -0.2) is 50.5 Å². The Morgan fingerprint density at radius 3 is 2.36 bits per heavy atom. The quantitative estimate of drug-likeness (QED) is 0.349. The highest BCUT2D eigenvalue weighted by molar-refractivity contribution is 7.91. The van der Waals surface area contributed by atoms with E-state index in [-0.39, 0.29) is 11.6 Å². The van der Waals surface area contributed by atoms with Gasteiger partial charge in [-0.2, -0.15) is 0 Å². The summed E-state index contributed by atoms with van der Waals surface area (Å²) in [7, 11) is -2.44. The molecule has 1 aromatic carbocycles. The Labute approximate surface area is 207 Å². The summed E-state index contributed by atoms with van der Waals surface area (Å²) in [6.07, 6.45) is 5.95. The van der Waals surface area contributed by atoms with Gasteiger partial charge < -0.3 is 4.74 Å². The van der Waals surface area contributed by atoms with Crippen LogP contribution in [0.4, 0.5) is 8.78 Å². The number of hydrogen-bond donors (Lipinski definition) is 0. The number of sulfone groups is 1. The summed E-state index contributed by atoms with van der Waals surface area (Å²) in [5.41, 5.74) is 1.21. The highest BCUT2D eigenvalue weighted by atomic mass is 32.2. The molecule has 3 heterocycles. The van der Waals surface area contributed by atoms with Crippen molar-refractivity contribution in [1.29, 1.82) is 0 Å². The number of benzene rings is 1. The number of pyridine rings is 1. The minimum absolute atomic E-state index is 0.0714. The normalized spacial score (nSPS) is 13.4. The maximum Gasteiger partial charge on any atom is 0.231 e. The molecule has 0 radical (unpaired) electrons. The summed E-state index contributed by atoms with van der Waals surface area (Å²) in [6, 6.07) is 5.12. The first-order valence-electron chi connectivity index (χ1n) is 11.0. The molecule has 12 heteroatoms. The number of aromatic nitrogens is 6. The lowest BCUT2D eigenvalue weighted by Gasteiger charge is -2.20. The van der Waals surface area contributed by atoms with Crippen molar-refractivity contribution in [2.24, 2.45) is 0 Å². The lowest BCUT2D eigenvalue weighted by atomic mass is 10.1. The van der Waals surface area contributed by atoms with Gasteiger partial charge in [0, 0.05) is 23.9 Å². The first kappa shape index (κ1) is 25.3. The highest BCUT2D eigenvalue weighted by Crippen LogP contribution is 2.30. The van der Waals surface area contributed by atoms with Gasteiger partial charge in [0.2, 0.25) is 5.88 Å². The molecule has 0 fully saturated rings. The standard InChI is InChI=1S/C24H24F2N6O3S/c1-14-8-17(10-27-9-14)24-31-30-21(32(24)23-18(25)6-5-7-19(23)26)13-36(33,34)16(3)15(2)20-11-29-22(35-4)12-28-20/h5-12,15-16H,13H2,1-4H3/t15-,16-/m0/s1. The molecule has 188 valence electrons. The maximum absolute atomic E-state index is 14.9. The molecule has 0 N–H and O–H groups in total. The van der Waals surface area contributed by atoms with Crippen molar-refractivity contribution in [3.8, 4) is 23.0 Å². The van der Waals surface area contributed by atoms with Gasteiger partial charge >= 0.3 is 0 Å². The highest BCUT2D eigenvalue weighted by Gasteiger charge is 2.32. The van der Waals surface area contributed by atoms with E-state index in [1.165, 1.54) is 31.8 Å². The molecule has 36 heavy (non-hydrogen) atoms. The zero-order chi connectivity index (χ0) is 26.0. The Morgan fingerprint density at radius 2 is 1.75 bits per heavy atom. The molecule has 0 aliphatic rings. The second kappa shape index (κ2) is 10.1. The van der Waals surface area contributed by atoms with Crippen molar-refractivity contribution in [2.45, 2.75) is 37.7 Å². The first-order valence-corrected chi connectivity index (χ1v) is 12.7. The number of para-hydroxylation sites is 1. The number of aryl methyl sites for hydroxylation is 1. The van der Waals surface area contributed by atoms with E-state index in [1.54, 1.807) is 33.0 Å². The Bertz CT molecular complexity index is 1470. The fourth-order valence-electron chi connectivity index (χ4n) is 3.74. The summed E-state index contributed by atoms with van der Waals surface area (Å²) in [5.74, 6) is -2.66. The molecule has 0 amide bonds. The van der Waals surface area contributed by atoms with Gasteiger partial charge in [-0.05, 0) is 37.6 Å². The predicted octanol–water partition coefficient (Wildman–Crippen LogP) is 3.82. The summed E-state index contributed by atoms with van der Waals surface area (Å²) in [6.45, 7) is 5.06. The third-order valence-corrected chi connectivity index (χ3v) is 8.15. The van der Waals surface area contributed by atoms with E-state index in [4.69, 9.17) is 4.74 Å². The number of hydrogen-bond acceptors (Lipinski definition) is 8. The van der Waals surface area contributed by atoms with Crippen molar-refractivity contribution < 1.29 is 21.9 Å². The van der Waals surface area contributed by atoms with Crippen LogP contribution in [0, 0.1) is 18.6 Å². The van der Waals surface area contributed by atoms with Gasteiger partial charge in [0.1, 0.15) is 23.1 Å². The van der Waals surface area contributed by atoms with E-state index in [1.807, 2.05) is 0 Å². The number of methoxy groups -OCH3 is 1. The van der Waals surface area contributed by atoms with Crippen LogP contribution >= 0.6 is 0 Å². The molecule has 2 atom stereocenters. The summed E-state index contributed by atoms with van der Waals surface area (Å²) in [5, 5.41) is 7.21. The lowest BCUT2D eigenvalue weighted by molar-refractivity contribution is 0.394. The molecule has 0 spiro atoms. The molecule has 3 aromatic heterocycles.